The summed E-state index contributed by atoms with van der Waals surface area (Å²) in [5, 5.41) is 3.13. The number of halogens is 2. The summed E-state index contributed by atoms with van der Waals surface area (Å²) < 4.78 is 24.2. The number of carbonyl (C=O) groups excluding carboxylic acids is 1. The highest BCUT2D eigenvalue weighted by Gasteiger charge is 2.27. The van der Waals surface area contributed by atoms with Crippen LogP contribution in [-0.2, 0) is 4.79 Å². The minimum absolute atomic E-state index is 0.221. The third-order valence-electron chi connectivity index (χ3n) is 2.70. The van der Waals surface area contributed by atoms with Crippen molar-refractivity contribution in [1.29, 1.82) is 0 Å². The van der Waals surface area contributed by atoms with Crippen molar-refractivity contribution in [3.8, 4) is 0 Å². The first-order valence-corrected chi connectivity index (χ1v) is 5.30. The first-order chi connectivity index (χ1) is 7.00. The third kappa shape index (κ3) is 3.74. The Balaban J connectivity index is 2.44. The van der Waals surface area contributed by atoms with Crippen LogP contribution in [0.15, 0.2) is 0 Å². The smallest absolute Gasteiger partial charge is 0.255 e. The van der Waals surface area contributed by atoms with E-state index in [4.69, 9.17) is 0 Å². The maximum absolute atomic E-state index is 12.1. The summed E-state index contributed by atoms with van der Waals surface area (Å²) in [7, 11) is 1.43. The molecular weight excluding hydrogens is 202 g/mol. The molecule has 1 amide bonds. The number of nitrogens with zero attached hydrogens (tertiary/aromatic N) is 1. The fourth-order valence-electron chi connectivity index (χ4n) is 1.90. The van der Waals surface area contributed by atoms with Crippen LogP contribution in [0.2, 0.25) is 0 Å². The molecule has 1 N–H and O–H groups in total. The number of hydrogen-bond donors (Lipinski definition) is 1. The summed E-state index contributed by atoms with van der Waals surface area (Å²) in [4.78, 5) is 12.8. The quantitative estimate of drug-likeness (QED) is 0.776. The predicted molar refractivity (Wildman–Crippen MR) is 53.9 cm³/mol. The summed E-state index contributed by atoms with van der Waals surface area (Å²) in [5.74, 6) is -0.221. The summed E-state index contributed by atoms with van der Waals surface area (Å²) in [6, 6.07) is 0.0187. The van der Waals surface area contributed by atoms with E-state index in [1.807, 2.05) is 6.92 Å². The van der Waals surface area contributed by atoms with Gasteiger partial charge in [-0.05, 0) is 26.2 Å². The van der Waals surface area contributed by atoms with Crippen molar-refractivity contribution in [2.75, 3.05) is 13.6 Å². The Morgan fingerprint density at radius 2 is 2.20 bits per heavy atom. The van der Waals surface area contributed by atoms with Gasteiger partial charge in [0.15, 0.2) is 0 Å². The molecule has 88 valence electrons. The lowest BCUT2D eigenvalue weighted by molar-refractivity contribution is -0.134. The van der Waals surface area contributed by atoms with E-state index in [2.05, 4.69) is 5.32 Å². The average Bonchev–Trinajstić information content (AvgIpc) is 2.15. The van der Waals surface area contributed by atoms with E-state index >= 15 is 0 Å². The van der Waals surface area contributed by atoms with Gasteiger partial charge in [-0.2, -0.15) is 0 Å². The topological polar surface area (TPSA) is 32.3 Å². The van der Waals surface area contributed by atoms with E-state index < -0.39 is 13.0 Å². The summed E-state index contributed by atoms with van der Waals surface area (Å²) in [6.45, 7) is 1.53. The largest absolute Gasteiger partial charge is 0.339 e. The Morgan fingerprint density at radius 1 is 1.53 bits per heavy atom. The van der Waals surface area contributed by atoms with Gasteiger partial charge in [0.1, 0.15) is 0 Å². The van der Waals surface area contributed by atoms with Crippen molar-refractivity contribution in [3.05, 3.63) is 0 Å². The molecule has 5 heteroatoms. The SMILES string of the molecule is CC1CCCC(C(=O)N(C)CC(F)F)N1. The van der Waals surface area contributed by atoms with E-state index in [1.54, 1.807) is 0 Å². The Kier molecular flexibility index (Phi) is 4.45. The van der Waals surface area contributed by atoms with E-state index in [9.17, 15) is 13.6 Å². The van der Waals surface area contributed by atoms with Crippen molar-refractivity contribution < 1.29 is 13.6 Å². The Labute approximate surface area is 88.8 Å². The van der Waals surface area contributed by atoms with Gasteiger partial charge in [0.2, 0.25) is 5.91 Å². The van der Waals surface area contributed by atoms with Crippen molar-refractivity contribution >= 4 is 5.91 Å². The molecule has 2 unspecified atom stereocenters. The van der Waals surface area contributed by atoms with Gasteiger partial charge in [0.25, 0.3) is 6.43 Å². The zero-order valence-electron chi connectivity index (χ0n) is 9.17. The number of alkyl halides is 2. The minimum atomic E-state index is -2.46. The average molecular weight is 220 g/mol. The van der Waals surface area contributed by atoms with Crippen LogP contribution in [0.1, 0.15) is 26.2 Å². The standard InChI is InChI=1S/C10H18F2N2O/c1-7-4-3-5-8(13-7)10(15)14(2)6-9(11)12/h7-9,13H,3-6H2,1-2H3. The van der Waals surface area contributed by atoms with E-state index in [1.165, 1.54) is 7.05 Å². The molecule has 1 aliphatic rings. The molecule has 2 atom stereocenters. The molecule has 1 saturated heterocycles. The zero-order chi connectivity index (χ0) is 11.4. The molecule has 0 aromatic heterocycles. The van der Waals surface area contributed by atoms with E-state index in [0.717, 1.165) is 24.2 Å². The minimum Gasteiger partial charge on any atom is -0.339 e. The van der Waals surface area contributed by atoms with Crippen molar-refractivity contribution in [1.82, 2.24) is 10.2 Å². The number of hydrogen-bond acceptors (Lipinski definition) is 2. The molecule has 3 nitrogen and oxygen atoms in total. The lowest BCUT2D eigenvalue weighted by Gasteiger charge is -2.30. The Hall–Kier alpha value is -0.710. The van der Waals surface area contributed by atoms with E-state index in [0.29, 0.717) is 6.04 Å². The van der Waals surface area contributed by atoms with Gasteiger partial charge in [-0.15, -0.1) is 0 Å². The highest BCUT2D eigenvalue weighted by molar-refractivity contribution is 5.81. The fourth-order valence-corrected chi connectivity index (χ4v) is 1.90. The van der Waals surface area contributed by atoms with Crippen LogP contribution in [0.4, 0.5) is 8.78 Å². The highest BCUT2D eigenvalue weighted by Crippen LogP contribution is 2.14. The highest BCUT2D eigenvalue weighted by atomic mass is 19.3. The number of nitrogens with one attached hydrogen (secondary N) is 1. The first-order valence-electron chi connectivity index (χ1n) is 5.30. The molecule has 1 fully saturated rings. The summed E-state index contributed by atoms with van der Waals surface area (Å²) in [5.41, 5.74) is 0. The summed E-state index contributed by atoms with van der Waals surface area (Å²) in [6.07, 6.45) is 0.312. The van der Waals surface area contributed by atoms with Gasteiger partial charge >= 0.3 is 0 Å². The molecule has 15 heavy (non-hydrogen) atoms. The third-order valence-corrected chi connectivity index (χ3v) is 2.70. The van der Waals surface area contributed by atoms with Gasteiger partial charge in [-0.1, -0.05) is 0 Å². The Bertz CT molecular complexity index is 223. The normalized spacial score (nSPS) is 26.7. The zero-order valence-corrected chi connectivity index (χ0v) is 9.17. The molecule has 0 radical (unpaired) electrons. The van der Waals surface area contributed by atoms with E-state index in [-0.39, 0.29) is 11.9 Å². The fraction of sp³-hybridized carbons (Fsp3) is 0.900. The van der Waals surface area contributed by atoms with Gasteiger partial charge < -0.3 is 10.2 Å². The van der Waals surface area contributed by atoms with Crippen LogP contribution in [0, 0.1) is 0 Å². The van der Waals surface area contributed by atoms with Gasteiger partial charge in [-0.25, -0.2) is 8.78 Å². The maximum atomic E-state index is 12.1. The van der Waals surface area contributed by atoms with Crippen molar-refractivity contribution in [2.45, 2.75) is 44.7 Å². The number of piperidine rings is 1. The molecule has 0 spiro atoms. The van der Waals surface area contributed by atoms with Crippen LogP contribution in [0.5, 0.6) is 0 Å². The number of rotatable bonds is 3. The molecular formula is C10H18F2N2O. The van der Waals surface area contributed by atoms with Crippen LogP contribution in [-0.4, -0.2) is 42.9 Å². The van der Waals surface area contributed by atoms with Gasteiger partial charge in [0.05, 0.1) is 12.6 Å². The second-order valence-corrected chi connectivity index (χ2v) is 4.16. The molecule has 0 aromatic carbocycles. The van der Waals surface area contributed by atoms with Crippen LogP contribution < -0.4 is 5.32 Å². The number of amides is 1. The molecule has 0 saturated carbocycles. The summed E-state index contributed by atoms with van der Waals surface area (Å²) >= 11 is 0. The molecule has 1 heterocycles. The van der Waals surface area contributed by atoms with Crippen molar-refractivity contribution in [2.24, 2.45) is 0 Å². The van der Waals surface area contributed by atoms with Crippen LogP contribution in [0.25, 0.3) is 0 Å². The maximum Gasteiger partial charge on any atom is 0.255 e. The second kappa shape index (κ2) is 5.39. The molecule has 1 aliphatic heterocycles. The lowest BCUT2D eigenvalue weighted by atomic mass is 9.99. The number of carbonyl (C=O) groups is 1. The number of likely N-dealkylation sites (N-methyl/N-ethyl adjacent to an activating group) is 1. The second-order valence-electron chi connectivity index (χ2n) is 4.16. The van der Waals surface area contributed by atoms with Crippen LogP contribution in [0.3, 0.4) is 0 Å². The van der Waals surface area contributed by atoms with Crippen molar-refractivity contribution in [3.63, 3.8) is 0 Å². The molecule has 1 rings (SSSR count). The van der Waals surface area contributed by atoms with Gasteiger partial charge in [-0.3, -0.25) is 4.79 Å². The van der Waals surface area contributed by atoms with Gasteiger partial charge in [0, 0.05) is 13.1 Å². The molecule has 0 aliphatic carbocycles. The monoisotopic (exact) mass is 220 g/mol. The Morgan fingerprint density at radius 3 is 2.73 bits per heavy atom. The lowest BCUT2D eigenvalue weighted by Crippen LogP contribution is -2.51. The predicted octanol–water partition coefficient (Wildman–Crippen LogP) is 1.24. The first kappa shape index (κ1) is 12.4. The molecule has 0 aromatic rings. The molecule has 0 bridgehead atoms. The van der Waals surface area contributed by atoms with Crippen LogP contribution >= 0.6 is 0 Å².